The van der Waals surface area contributed by atoms with E-state index in [1.165, 1.54) is 32.5 Å². The molecule has 5 heteroatoms. The van der Waals surface area contributed by atoms with Crippen molar-refractivity contribution in [1.82, 2.24) is 9.88 Å². The normalized spacial score (nSPS) is 38.9. The van der Waals surface area contributed by atoms with E-state index in [1.807, 2.05) is 6.07 Å². The van der Waals surface area contributed by atoms with Gasteiger partial charge in [0.05, 0.1) is 11.2 Å². The van der Waals surface area contributed by atoms with E-state index in [2.05, 4.69) is 9.88 Å². The van der Waals surface area contributed by atoms with Gasteiger partial charge in [-0.2, -0.15) is 0 Å². The van der Waals surface area contributed by atoms with Gasteiger partial charge in [-0.05, 0) is 18.8 Å². The number of rotatable bonds is 2. The zero-order valence-corrected chi connectivity index (χ0v) is 12.2. The van der Waals surface area contributed by atoms with Gasteiger partial charge >= 0.3 is 0 Å². The molecule has 1 aromatic rings. The van der Waals surface area contributed by atoms with Gasteiger partial charge < -0.3 is 9.64 Å². The first-order chi connectivity index (χ1) is 8.78. The standard InChI is InChI=1S/C14H17ClN2O.ClH/c15-12-3-13(5-16-4-12)18-14-10-1-9-2-11(14)8-17(6-9)7-10;/h3-5,9-11,14H,1-2,6-8H2;1H/t9?,10-,11-,14?;/m0./s1. The Balaban J connectivity index is 0.00000110. The first-order valence-electron chi connectivity index (χ1n) is 6.77. The fourth-order valence-electron chi connectivity index (χ4n) is 4.17. The van der Waals surface area contributed by atoms with Crippen LogP contribution in [-0.2, 0) is 0 Å². The Kier molecular flexibility index (Phi) is 3.63. The number of hydrogen-bond acceptors (Lipinski definition) is 3. The minimum Gasteiger partial charge on any atom is -0.488 e. The first-order valence-corrected chi connectivity index (χ1v) is 7.15. The van der Waals surface area contributed by atoms with Crippen LogP contribution in [0.1, 0.15) is 12.8 Å². The van der Waals surface area contributed by atoms with E-state index in [-0.39, 0.29) is 12.4 Å². The Bertz CT molecular complexity index is 441. The average Bonchev–Trinajstić information content (AvgIpc) is 2.33. The molecule has 0 spiro atoms. The molecule has 0 unspecified atom stereocenters. The second-order valence-electron chi connectivity index (χ2n) is 6.00. The van der Waals surface area contributed by atoms with E-state index in [0.717, 1.165) is 11.7 Å². The summed E-state index contributed by atoms with van der Waals surface area (Å²) in [4.78, 5) is 6.71. The number of ether oxygens (including phenoxy) is 1. The maximum absolute atomic E-state index is 6.20. The fourth-order valence-corrected chi connectivity index (χ4v) is 4.33. The third-order valence-corrected chi connectivity index (χ3v) is 4.86. The molecule has 5 rings (SSSR count). The van der Waals surface area contributed by atoms with Crippen molar-refractivity contribution >= 4 is 24.0 Å². The maximum atomic E-state index is 6.20. The molecule has 1 aliphatic carbocycles. The number of pyridine rings is 1. The van der Waals surface area contributed by atoms with Crippen LogP contribution in [0.3, 0.4) is 0 Å². The first kappa shape index (κ1) is 13.5. The maximum Gasteiger partial charge on any atom is 0.139 e. The summed E-state index contributed by atoms with van der Waals surface area (Å²) >= 11 is 5.96. The van der Waals surface area contributed by atoms with Gasteiger partial charge in [-0.25, -0.2) is 0 Å². The van der Waals surface area contributed by atoms with Crippen LogP contribution >= 0.6 is 24.0 Å². The molecule has 2 atom stereocenters. The molecule has 104 valence electrons. The lowest BCUT2D eigenvalue weighted by Crippen LogP contribution is -2.61. The fraction of sp³-hybridized carbons (Fsp3) is 0.643. The van der Waals surface area contributed by atoms with Crippen LogP contribution in [0.15, 0.2) is 18.5 Å². The van der Waals surface area contributed by atoms with E-state index in [4.69, 9.17) is 16.3 Å². The van der Waals surface area contributed by atoms with Crippen molar-refractivity contribution in [3.63, 3.8) is 0 Å². The molecule has 1 aromatic heterocycles. The molecule has 3 aliphatic heterocycles. The van der Waals surface area contributed by atoms with Crippen molar-refractivity contribution in [2.45, 2.75) is 18.9 Å². The Morgan fingerprint density at radius 1 is 1.16 bits per heavy atom. The predicted octanol–water partition coefficient (Wildman–Crippen LogP) is 2.88. The summed E-state index contributed by atoms with van der Waals surface area (Å²) < 4.78 is 6.20. The van der Waals surface area contributed by atoms with Crippen LogP contribution in [-0.4, -0.2) is 35.6 Å². The average molecular weight is 301 g/mol. The number of aromatic nitrogens is 1. The molecule has 0 amide bonds. The minimum atomic E-state index is 0. The summed E-state index contributed by atoms with van der Waals surface area (Å²) in [6.45, 7) is 3.75. The van der Waals surface area contributed by atoms with Crippen LogP contribution in [0.4, 0.5) is 0 Å². The highest BCUT2D eigenvalue weighted by molar-refractivity contribution is 6.30. The van der Waals surface area contributed by atoms with Gasteiger partial charge in [0.25, 0.3) is 0 Å². The minimum absolute atomic E-state index is 0. The molecule has 0 N–H and O–H groups in total. The second-order valence-corrected chi connectivity index (χ2v) is 6.43. The monoisotopic (exact) mass is 300 g/mol. The third kappa shape index (κ3) is 2.44. The highest BCUT2D eigenvalue weighted by atomic mass is 35.5. The molecule has 1 saturated carbocycles. The van der Waals surface area contributed by atoms with Gasteiger partial charge in [0.2, 0.25) is 0 Å². The van der Waals surface area contributed by atoms with Gasteiger partial charge in [-0.15, -0.1) is 12.4 Å². The van der Waals surface area contributed by atoms with Crippen LogP contribution < -0.4 is 4.74 Å². The van der Waals surface area contributed by atoms with Crippen molar-refractivity contribution < 1.29 is 4.74 Å². The lowest BCUT2D eigenvalue weighted by Gasteiger charge is -2.55. The van der Waals surface area contributed by atoms with E-state index in [0.29, 0.717) is 23.0 Å². The summed E-state index contributed by atoms with van der Waals surface area (Å²) in [5.41, 5.74) is 0. The molecule has 4 aliphatic rings. The zero-order chi connectivity index (χ0) is 12.1. The van der Waals surface area contributed by atoms with Crippen LogP contribution in [0.2, 0.25) is 5.02 Å². The summed E-state index contributed by atoms with van der Waals surface area (Å²) in [6, 6.07) is 1.87. The van der Waals surface area contributed by atoms with Gasteiger partial charge in [0.1, 0.15) is 11.9 Å². The lowest BCUT2D eigenvalue weighted by molar-refractivity contribution is -0.0985. The molecular formula is C14H18Cl2N2O. The van der Waals surface area contributed by atoms with Crippen molar-refractivity contribution in [2.75, 3.05) is 19.6 Å². The van der Waals surface area contributed by atoms with Gasteiger partial charge in [0.15, 0.2) is 0 Å². The van der Waals surface area contributed by atoms with Crippen molar-refractivity contribution in [1.29, 1.82) is 0 Å². The van der Waals surface area contributed by atoms with Crippen molar-refractivity contribution in [3.8, 4) is 5.75 Å². The van der Waals surface area contributed by atoms with Gasteiger partial charge in [-0.3, -0.25) is 4.98 Å². The highest BCUT2D eigenvalue weighted by Gasteiger charge is 2.48. The Morgan fingerprint density at radius 3 is 2.53 bits per heavy atom. The van der Waals surface area contributed by atoms with E-state index in [9.17, 15) is 0 Å². The van der Waals surface area contributed by atoms with Crippen molar-refractivity contribution in [3.05, 3.63) is 23.5 Å². The van der Waals surface area contributed by atoms with Crippen LogP contribution in [0, 0.1) is 17.8 Å². The SMILES string of the molecule is Cl.Clc1cncc(OC2[C@H]3CC4C[C@H]2CN(C4)C3)c1. The zero-order valence-electron chi connectivity index (χ0n) is 10.7. The Hall–Kier alpha value is -0.510. The molecule has 3 nitrogen and oxygen atoms in total. The summed E-state index contributed by atoms with van der Waals surface area (Å²) in [5.74, 6) is 3.15. The van der Waals surface area contributed by atoms with E-state index in [1.54, 1.807) is 12.4 Å². The molecule has 4 heterocycles. The number of halogens is 2. The number of hydrogen-bond donors (Lipinski definition) is 0. The molecule has 3 saturated heterocycles. The Labute approximate surface area is 124 Å². The molecule has 19 heavy (non-hydrogen) atoms. The molecule has 0 aromatic carbocycles. The van der Waals surface area contributed by atoms with Crippen molar-refractivity contribution in [2.24, 2.45) is 17.8 Å². The summed E-state index contributed by atoms with van der Waals surface area (Å²) in [5, 5.41) is 0.653. The number of nitrogens with zero attached hydrogens (tertiary/aromatic N) is 2. The summed E-state index contributed by atoms with van der Waals surface area (Å²) in [6.07, 6.45) is 6.48. The topological polar surface area (TPSA) is 25.4 Å². The molecule has 4 bridgehead atoms. The van der Waals surface area contributed by atoms with E-state index >= 15 is 0 Å². The predicted molar refractivity (Wildman–Crippen MR) is 77.1 cm³/mol. The van der Waals surface area contributed by atoms with E-state index < -0.39 is 0 Å². The molecule has 0 radical (unpaired) electrons. The van der Waals surface area contributed by atoms with Crippen LogP contribution in [0.25, 0.3) is 0 Å². The largest absolute Gasteiger partial charge is 0.488 e. The quantitative estimate of drug-likeness (QED) is 0.840. The van der Waals surface area contributed by atoms with Crippen LogP contribution in [0.5, 0.6) is 5.75 Å². The molecular weight excluding hydrogens is 283 g/mol. The van der Waals surface area contributed by atoms with Gasteiger partial charge in [-0.1, -0.05) is 11.6 Å². The van der Waals surface area contributed by atoms with Gasteiger partial charge in [0, 0.05) is 43.7 Å². The molecule has 4 fully saturated rings. The third-order valence-electron chi connectivity index (χ3n) is 4.66. The summed E-state index contributed by atoms with van der Waals surface area (Å²) in [7, 11) is 0. The number of piperidine rings is 3. The highest BCUT2D eigenvalue weighted by Crippen LogP contribution is 2.44. The lowest BCUT2D eigenvalue weighted by atomic mass is 9.66. The Morgan fingerprint density at radius 2 is 1.89 bits per heavy atom. The second kappa shape index (κ2) is 5.12. The smallest absolute Gasteiger partial charge is 0.139 e.